The van der Waals surface area contributed by atoms with Crippen LogP contribution in [0, 0.1) is 0 Å². The van der Waals surface area contributed by atoms with Crippen LogP contribution in [-0.2, 0) is 9.53 Å². The first-order valence-corrected chi connectivity index (χ1v) is 4.52. The zero-order valence-corrected chi connectivity index (χ0v) is 8.01. The maximum atomic E-state index is 10.8. The second kappa shape index (κ2) is 8.53. The number of unbranched alkanes of at least 4 members (excludes halogenated alkanes) is 3. The van der Waals surface area contributed by atoms with Crippen molar-refractivity contribution >= 4 is 5.97 Å². The third-order valence-corrected chi connectivity index (χ3v) is 1.55. The standard InChI is InChI=1S/C9H18NO2/c1-3-4-5-6-7-12-9(11)8-10-2/h3-8H2,1-2H3. The van der Waals surface area contributed by atoms with Crippen molar-refractivity contribution in [3.8, 4) is 0 Å². The van der Waals surface area contributed by atoms with E-state index in [0.717, 1.165) is 12.8 Å². The molecule has 0 atom stereocenters. The maximum Gasteiger partial charge on any atom is 0.321 e. The zero-order chi connectivity index (χ0) is 9.23. The summed E-state index contributed by atoms with van der Waals surface area (Å²) in [6.45, 7) is 2.89. The lowest BCUT2D eigenvalue weighted by atomic mass is 10.2. The molecule has 3 nitrogen and oxygen atoms in total. The zero-order valence-electron chi connectivity index (χ0n) is 8.01. The highest BCUT2D eigenvalue weighted by molar-refractivity contribution is 5.71. The fourth-order valence-corrected chi connectivity index (χ4v) is 0.890. The Kier molecular flexibility index (Phi) is 8.12. The molecule has 0 aliphatic carbocycles. The Hall–Kier alpha value is -0.570. The summed E-state index contributed by atoms with van der Waals surface area (Å²) < 4.78 is 4.90. The first kappa shape index (κ1) is 11.4. The highest BCUT2D eigenvalue weighted by Gasteiger charge is 1.99. The van der Waals surface area contributed by atoms with Gasteiger partial charge in [0.1, 0.15) is 6.54 Å². The SMILES string of the molecule is CCCCCCOC(=O)C[N]C. The lowest BCUT2D eigenvalue weighted by Gasteiger charge is -2.02. The van der Waals surface area contributed by atoms with Crippen LogP contribution in [-0.4, -0.2) is 26.2 Å². The summed E-state index contributed by atoms with van der Waals surface area (Å²) >= 11 is 0. The van der Waals surface area contributed by atoms with Crippen LogP contribution in [0.1, 0.15) is 32.6 Å². The van der Waals surface area contributed by atoms with Gasteiger partial charge in [0, 0.05) is 7.05 Å². The lowest BCUT2D eigenvalue weighted by molar-refractivity contribution is -0.142. The van der Waals surface area contributed by atoms with Crippen LogP contribution in [0.15, 0.2) is 0 Å². The summed E-state index contributed by atoms with van der Waals surface area (Å²) in [6, 6.07) is 0. The molecule has 0 rings (SSSR count). The average Bonchev–Trinajstić information content (AvgIpc) is 2.05. The number of hydrogen-bond acceptors (Lipinski definition) is 2. The number of ether oxygens (including phenoxy) is 1. The molecule has 0 aliphatic heterocycles. The highest BCUT2D eigenvalue weighted by atomic mass is 16.5. The maximum absolute atomic E-state index is 10.8. The van der Waals surface area contributed by atoms with E-state index in [-0.39, 0.29) is 12.5 Å². The first-order chi connectivity index (χ1) is 5.81. The van der Waals surface area contributed by atoms with Crippen LogP contribution in [0.25, 0.3) is 0 Å². The van der Waals surface area contributed by atoms with Gasteiger partial charge >= 0.3 is 5.97 Å². The van der Waals surface area contributed by atoms with Crippen molar-refractivity contribution in [1.29, 1.82) is 0 Å². The Morgan fingerprint density at radius 3 is 2.67 bits per heavy atom. The van der Waals surface area contributed by atoms with Gasteiger partial charge in [-0.25, -0.2) is 5.32 Å². The highest BCUT2D eigenvalue weighted by Crippen LogP contribution is 1.98. The second-order valence-electron chi connectivity index (χ2n) is 2.76. The Morgan fingerprint density at radius 1 is 1.33 bits per heavy atom. The van der Waals surface area contributed by atoms with E-state index in [1.165, 1.54) is 12.8 Å². The van der Waals surface area contributed by atoms with Crippen LogP contribution in [0.3, 0.4) is 0 Å². The molecular weight excluding hydrogens is 154 g/mol. The van der Waals surface area contributed by atoms with Crippen LogP contribution in [0.4, 0.5) is 0 Å². The van der Waals surface area contributed by atoms with E-state index < -0.39 is 0 Å². The summed E-state index contributed by atoms with van der Waals surface area (Å²) in [5.41, 5.74) is 0. The van der Waals surface area contributed by atoms with Crippen molar-refractivity contribution in [1.82, 2.24) is 5.32 Å². The molecule has 1 radical (unpaired) electrons. The van der Waals surface area contributed by atoms with E-state index in [4.69, 9.17) is 4.74 Å². The second-order valence-corrected chi connectivity index (χ2v) is 2.76. The van der Waals surface area contributed by atoms with Gasteiger partial charge in [0.2, 0.25) is 0 Å². The number of rotatable bonds is 7. The topological polar surface area (TPSA) is 40.4 Å². The fraction of sp³-hybridized carbons (Fsp3) is 0.889. The summed E-state index contributed by atoms with van der Waals surface area (Å²) in [5.74, 6) is -0.214. The van der Waals surface area contributed by atoms with Crippen LogP contribution in [0.2, 0.25) is 0 Å². The van der Waals surface area contributed by atoms with E-state index in [0.29, 0.717) is 6.61 Å². The molecule has 0 heterocycles. The number of nitrogens with zero attached hydrogens (tertiary/aromatic N) is 1. The molecule has 0 aromatic carbocycles. The molecule has 0 bridgehead atoms. The molecule has 71 valence electrons. The summed E-state index contributed by atoms with van der Waals surface area (Å²) in [7, 11) is 1.61. The summed E-state index contributed by atoms with van der Waals surface area (Å²) in [5, 5.41) is 3.68. The average molecular weight is 172 g/mol. The molecule has 0 N–H and O–H groups in total. The molecule has 0 aromatic rings. The third kappa shape index (κ3) is 7.54. The molecule has 0 aromatic heterocycles. The van der Waals surface area contributed by atoms with E-state index in [1.54, 1.807) is 7.05 Å². The van der Waals surface area contributed by atoms with Crippen molar-refractivity contribution in [2.45, 2.75) is 32.6 Å². The quantitative estimate of drug-likeness (QED) is 0.429. The Bertz CT molecular complexity index is 115. The van der Waals surface area contributed by atoms with E-state index in [9.17, 15) is 4.79 Å². The number of carbonyl (C=O) groups is 1. The minimum absolute atomic E-state index is 0.188. The predicted molar refractivity (Wildman–Crippen MR) is 48.0 cm³/mol. The van der Waals surface area contributed by atoms with Crippen molar-refractivity contribution in [3.63, 3.8) is 0 Å². The van der Waals surface area contributed by atoms with Gasteiger partial charge in [0.05, 0.1) is 6.61 Å². The Balaban J connectivity index is 3.03. The van der Waals surface area contributed by atoms with Crippen molar-refractivity contribution < 1.29 is 9.53 Å². The summed E-state index contributed by atoms with van der Waals surface area (Å²) in [4.78, 5) is 10.8. The fourth-order valence-electron chi connectivity index (χ4n) is 0.890. The van der Waals surface area contributed by atoms with Crippen molar-refractivity contribution in [3.05, 3.63) is 0 Å². The van der Waals surface area contributed by atoms with Gasteiger partial charge in [0.25, 0.3) is 0 Å². The minimum atomic E-state index is -0.214. The molecule has 0 aliphatic rings. The lowest BCUT2D eigenvalue weighted by Crippen LogP contribution is -2.16. The van der Waals surface area contributed by atoms with Crippen LogP contribution in [0.5, 0.6) is 0 Å². The van der Waals surface area contributed by atoms with Gasteiger partial charge in [-0.15, -0.1) is 0 Å². The molecule has 0 spiro atoms. The third-order valence-electron chi connectivity index (χ3n) is 1.55. The molecule has 0 saturated carbocycles. The number of hydrogen-bond donors (Lipinski definition) is 0. The summed E-state index contributed by atoms with van der Waals surface area (Å²) in [6.07, 6.45) is 4.55. The smallest absolute Gasteiger partial charge is 0.321 e. The number of esters is 1. The first-order valence-electron chi connectivity index (χ1n) is 4.52. The largest absolute Gasteiger partial charge is 0.465 e. The molecule has 0 fully saturated rings. The molecule has 0 unspecified atom stereocenters. The number of carbonyl (C=O) groups excluding carboxylic acids is 1. The van der Waals surface area contributed by atoms with Gasteiger partial charge in [-0.1, -0.05) is 26.2 Å². The van der Waals surface area contributed by atoms with Crippen molar-refractivity contribution in [2.24, 2.45) is 0 Å². The van der Waals surface area contributed by atoms with Crippen LogP contribution < -0.4 is 5.32 Å². The van der Waals surface area contributed by atoms with E-state index in [2.05, 4.69) is 12.2 Å². The monoisotopic (exact) mass is 172 g/mol. The van der Waals surface area contributed by atoms with Crippen LogP contribution >= 0.6 is 0 Å². The number of likely N-dealkylation sites (N-methyl/N-ethyl adjacent to an activating group) is 1. The molecule has 3 heteroatoms. The Morgan fingerprint density at radius 2 is 2.08 bits per heavy atom. The van der Waals surface area contributed by atoms with Gasteiger partial charge in [-0.05, 0) is 6.42 Å². The van der Waals surface area contributed by atoms with Crippen molar-refractivity contribution in [2.75, 3.05) is 20.2 Å². The van der Waals surface area contributed by atoms with Gasteiger partial charge in [0.15, 0.2) is 0 Å². The van der Waals surface area contributed by atoms with Gasteiger partial charge in [-0.2, -0.15) is 0 Å². The molecular formula is C9H18NO2. The molecule has 0 amide bonds. The molecule has 0 saturated heterocycles. The molecule has 12 heavy (non-hydrogen) atoms. The predicted octanol–water partition coefficient (Wildman–Crippen LogP) is 1.34. The van der Waals surface area contributed by atoms with E-state index in [1.807, 2.05) is 0 Å². The Labute approximate surface area is 74.5 Å². The normalized spacial score (nSPS) is 9.83. The van der Waals surface area contributed by atoms with Gasteiger partial charge in [-0.3, -0.25) is 4.79 Å². The minimum Gasteiger partial charge on any atom is -0.465 e. The van der Waals surface area contributed by atoms with E-state index >= 15 is 0 Å². The van der Waals surface area contributed by atoms with Gasteiger partial charge < -0.3 is 4.74 Å².